The zero-order chi connectivity index (χ0) is 32.1. The molecule has 3 atom stereocenters. The summed E-state index contributed by atoms with van der Waals surface area (Å²) in [5, 5.41) is 1.87. The highest BCUT2D eigenvalue weighted by Crippen LogP contribution is 2.42. The lowest BCUT2D eigenvalue weighted by atomic mass is 9.87. The molecule has 1 fully saturated rings. The van der Waals surface area contributed by atoms with Gasteiger partial charge in [0.2, 0.25) is 0 Å². The molecule has 0 amide bonds. The fraction of sp³-hybridized carbons (Fsp3) is 0.438. The molecule has 0 bridgehead atoms. The Labute approximate surface area is 266 Å². The Kier molecular flexibility index (Phi) is 10.8. The van der Waals surface area contributed by atoms with E-state index < -0.39 is 55.7 Å². The van der Waals surface area contributed by atoms with Gasteiger partial charge in [0, 0.05) is 12.1 Å². The third-order valence-electron chi connectivity index (χ3n) is 7.84. The number of rotatable bonds is 11. The Balaban J connectivity index is 1.78. The third kappa shape index (κ3) is 6.83. The first-order chi connectivity index (χ1) is 20.9. The van der Waals surface area contributed by atoms with Crippen molar-refractivity contribution in [3.8, 4) is 0 Å². The molecular weight excluding hydrogens is 648 g/mol. The lowest BCUT2D eigenvalue weighted by Gasteiger charge is -2.43. The molecule has 0 aliphatic carbocycles. The number of benzene rings is 2. The number of hydrogen-bond donors (Lipinski definition) is 1. The number of esters is 2. The van der Waals surface area contributed by atoms with Crippen molar-refractivity contribution in [1.29, 1.82) is 0 Å². The van der Waals surface area contributed by atoms with Gasteiger partial charge in [-0.05, 0) is 51.6 Å². The van der Waals surface area contributed by atoms with Crippen LogP contribution in [0.1, 0.15) is 47.3 Å². The maximum atomic E-state index is 13.2. The largest absolute Gasteiger partial charge is 0.465 e. The molecule has 3 aromatic rings. The van der Waals surface area contributed by atoms with Crippen molar-refractivity contribution in [3.05, 3.63) is 92.2 Å². The van der Waals surface area contributed by atoms with Gasteiger partial charge in [-0.3, -0.25) is 23.9 Å². The van der Waals surface area contributed by atoms with Crippen LogP contribution in [0.3, 0.4) is 0 Å². The van der Waals surface area contributed by atoms with E-state index in [1.807, 2.05) is 36.4 Å². The van der Waals surface area contributed by atoms with Crippen LogP contribution in [0, 0.1) is 11.8 Å². The second kappa shape index (κ2) is 14.2. The van der Waals surface area contributed by atoms with Crippen LogP contribution in [0.25, 0.3) is 0 Å². The monoisotopic (exact) mass is 686 g/mol. The van der Waals surface area contributed by atoms with E-state index in [9.17, 15) is 19.2 Å². The summed E-state index contributed by atoms with van der Waals surface area (Å²) in [6, 6.07) is 20.3. The predicted octanol–water partition coefficient (Wildman–Crippen LogP) is 3.52. The molecule has 1 N–H and O–H groups in total. The Morgan fingerprint density at radius 1 is 0.977 bits per heavy atom. The van der Waals surface area contributed by atoms with Gasteiger partial charge in [-0.1, -0.05) is 81.4 Å². The van der Waals surface area contributed by atoms with E-state index in [1.165, 1.54) is 10.8 Å². The molecule has 0 spiro atoms. The summed E-state index contributed by atoms with van der Waals surface area (Å²) in [5.41, 5.74) is -1.35. The molecule has 0 saturated carbocycles. The molecule has 1 aliphatic heterocycles. The molecule has 2 heterocycles. The molecule has 236 valence electrons. The van der Waals surface area contributed by atoms with Crippen molar-refractivity contribution >= 4 is 46.6 Å². The normalized spacial score (nSPS) is 18.8. The van der Waals surface area contributed by atoms with Crippen molar-refractivity contribution < 1.29 is 28.2 Å². The minimum absolute atomic E-state index is 0.0531. The number of H-pyrrole nitrogens is 1. The van der Waals surface area contributed by atoms with Crippen molar-refractivity contribution in [2.45, 2.75) is 58.4 Å². The molecule has 12 heteroatoms. The molecule has 1 aromatic heterocycles. The lowest BCUT2D eigenvalue weighted by Crippen LogP contribution is -2.67. The van der Waals surface area contributed by atoms with Crippen LogP contribution in [-0.4, -0.2) is 55.7 Å². The number of nitrogens with zero attached hydrogens (tertiary/aromatic N) is 1. The first-order valence-corrected chi connectivity index (χ1v) is 17.4. The van der Waals surface area contributed by atoms with Crippen LogP contribution in [-0.2, 0) is 28.2 Å². The van der Waals surface area contributed by atoms with Crippen molar-refractivity contribution in [2.75, 3.05) is 19.8 Å². The smallest absolute Gasteiger partial charge is 0.330 e. The summed E-state index contributed by atoms with van der Waals surface area (Å²) in [6.07, 6.45) is -0.218. The summed E-state index contributed by atoms with van der Waals surface area (Å²) in [4.78, 5) is 53.8. The molecule has 0 radical (unpaired) electrons. The summed E-state index contributed by atoms with van der Waals surface area (Å²) in [6.45, 7) is 10.0. The highest BCUT2D eigenvalue weighted by Gasteiger charge is 2.53. The van der Waals surface area contributed by atoms with E-state index in [1.54, 1.807) is 13.8 Å². The number of nitrogens with one attached hydrogen (secondary N) is 1. The predicted molar refractivity (Wildman–Crippen MR) is 171 cm³/mol. The highest BCUT2D eigenvalue weighted by atomic mass is 79.9. The fourth-order valence-electron chi connectivity index (χ4n) is 5.99. The molecular formula is C32H39BrN2O8Si. The van der Waals surface area contributed by atoms with E-state index >= 15 is 0 Å². The first-order valence-electron chi connectivity index (χ1n) is 14.7. The van der Waals surface area contributed by atoms with Gasteiger partial charge in [0.05, 0.1) is 30.4 Å². The van der Waals surface area contributed by atoms with E-state index in [-0.39, 0.29) is 35.8 Å². The summed E-state index contributed by atoms with van der Waals surface area (Å²) in [7, 11) is -2.95. The van der Waals surface area contributed by atoms with Crippen LogP contribution < -0.4 is 21.6 Å². The van der Waals surface area contributed by atoms with Gasteiger partial charge >= 0.3 is 17.6 Å². The van der Waals surface area contributed by atoms with Gasteiger partial charge in [0.15, 0.2) is 5.92 Å². The lowest BCUT2D eigenvalue weighted by molar-refractivity contribution is -0.167. The van der Waals surface area contributed by atoms with Gasteiger partial charge < -0.3 is 18.6 Å². The SMILES string of the molecule is CCOC(=O)C(C(=O)OCC)[C@@H]1C[C@@H](CO[Si](c2ccccc2)(c2ccccc2)C(C)(C)C)O[C@H]1n1cc(Br)c(=O)[nH]c1=O. The first kappa shape index (κ1) is 33.6. The molecule has 10 nitrogen and oxygen atoms in total. The number of ether oxygens (including phenoxy) is 3. The van der Waals surface area contributed by atoms with Crippen LogP contribution in [0.15, 0.2) is 80.9 Å². The topological polar surface area (TPSA) is 126 Å². The zero-order valence-electron chi connectivity index (χ0n) is 25.6. The Hall–Kier alpha value is -3.32. The average Bonchev–Trinajstić information content (AvgIpc) is 3.39. The van der Waals surface area contributed by atoms with E-state index in [4.69, 9.17) is 18.6 Å². The van der Waals surface area contributed by atoms with E-state index in [0.29, 0.717) is 0 Å². The number of halogens is 1. The molecule has 44 heavy (non-hydrogen) atoms. The number of carbonyl (C=O) groups is 2. The van der Waals surface area contributed by atoms with Crippen LogP contribution in [0.2, 0.25) is 5.04 Å². The van der Waals surface area contributed by atoms with E-state index in [2.05, 4.69) is 66.0 Å². The van der Waals surface area contributed by atoms with Crippen molar-refractivity contribution in [3.63, 3.8) is 0 Å². The second-order valence-electron chi connectivity index (χ2n) is 11.6. The van der Waals surface area contributed by atoms with E-state index in [0.717, 1.165) is 10.4 Å². The van der Waals surface area contributed by atoms with Crippen LogP contribution >= 0.6 is 15.9 Å². The maximum Gasteiger partial charge on any atom is 0.330 e. The number of carbonyl (C=O) groups excluding carboxylic acids is 2. The number of aromatic nitrogens is 2. The summed E-state index contributed by atoms with van der Waals surface area (Å²) >= 11 is 3.18. The Morgan fingerprint density at radius 3 is 1.98 bits per heavy atom. The van der Waals surface area contributed by atoms with Crippen LogP contribution in [0.5, 0.6) is 0 Å². The molecule has 1 aliphatic rings. The highest BCUT2D eigenvalue weighted by molar-refractivity contribution is 9.10. The molecule has 0 unspecified atom stereocenters. The van der Waals surface area contributed by atoms with Gasteiger partial charge in [0.1, 0.15) is 6.23 Å². The average molecular weight is 688 g/mol. The third-order valence-corrected chi connectivity index (χ3v) is 13.4. The van der Waals surface area contributed by atoms with Crippen LogP contribution in [0.4, 0.5) is 0 Å². The zero-order valence-corrected chi connectivity index (χ0v) is 28.2. The maximum absolute atomic E-state index is 13.2. The standard InChI is InChI=1S/C32H39BrN2O8Si/c1-6-40-29(37)26(30(38)41-7-2)24-18-21(43-28(24)35-19-25(33)27(36)34-31(35)39)20-42-44(32(3,4)5,22-14-10-8-11-15-22)23-16-12-9-13-17-23/h8-17,19,21,24,26,28H,6-7,18,20H2,1-5H3,(H,34,36,39)/t21-,24-,28+/m0/s1. The van der Waals surface area contributed by atoms with Gasteiger partial charge in [-0.15, -0.1) is 0 Å². The number of hydrogen-bond acceptors (Lipinski definition) is 8. The van der Waals surface area contributed by atoms with Gasteiger partial charge in [0.25, 0.3) is 13.9 Å². The summed E-state index contributed by atoms with van der Waals surface area (Å²) < 4.78 is 25.4. The van der Waals surface area contributed by atoms with Gasteiger partial charge in [-0.25, -0.2) is 4.79 Å². The minimum atomic E-state index is -2.95. The quantitative estimate of drug-likeness (QED) is 0.185. The summed E-state index contributed by atoms with van der Waals surface area (Å²) in [5.74, 6) is -3.75. The van der Waals surface area contributed by atoms with Crippen molar-refractivity contribution in [1.82, 2.24) is 9.55 Å². The molecule has 1 saturated heterocycles. The fourth-order valence-corrected chi connectivity index (χ4v) is 10.9. The number of aromatic amines is 1. The molecule has 2 aromatic carbocycles. The van der Waals surface area contributed by atoms with Gasteiger partial charge in [-0.2, -0.15) is 0 Å². The Bertz CT molecular complexity index is 1500. The second-order valence-corrected chi connectivity index (χ2v) is 16.8. The minimum Gasteiger partial charge on any atom is -0.465 e. The molecule has 4 rings (SSSR count). The van der Waals surface area contributed by atoms with Crippen molar-refractivity contribution in [2.24, 2.45) is 11.8 Å². The Morgan fingerprint density at radius 2 is 1.50 bits per heavy atom.